The second kappa shape index (κ2) is 4.49. The van der Waals surface area contributed by atoms with Gasteiger partial charge < -0.3 is 15.2 Å². The van der Waals surface area contributed by atoms with Gasteiger partial charge in [0.1, 0.15) is 0 Å². The lowest BCUT2D eigenvalue weighted by Gasteiger charge is -2.32. The Hall–Kier alpha value is -0.610. The van der Waals surface area contributed by atoms with E-state index >= 15 is 0 Å². The summed E-state index contributed by atoms with van der Waals surface area (Å²) in [4.78, 5) is 0. The van der Waals surface area contributed by atoms with Crippen LogP contribution in [0, 0.1) is 0 Å². The number of benzene rings is 1. The Balaban J connectivity index is 2.08. The molecule has 1 saturated heterocycles. The molecule has 0 aliphatic carbocycles. The number of ether oxygens (including phenoxy) is 2. The standard InChI is InChI=1S/C11H14ClNO2/c1-7-10(13)6-14-11(15-7)8-2-4-9(12)5-3-8/h2-5,7,10-11H,6,13H2,1H3/t7-,10+,11-/m0/s1. The van der Waals surface area contributed by atoms with Gasteiger partial charge in [-0.2, -0.15) is 0 Å². The maximum atomic E-state index is 5.80. The van der Waals surface area contributed by atoms with E-state index in [1.54, 1.807) is 0 Å². The highest BCUT2D eigenvalue weighted by Gasteiger charge is 2.26. The third-order valence-electron chi connectivity index (χ3n) is 2.52. The highest BCUT2D eigenvalue weighted by molar-refractivity contribution is 6.30. The van der Waals surface area contributed by atoms with Gasteiger partial charge in [0.05, 0.1) is 18.8 Å². The Bertz CT molecular complexity index is 328. The minimum absolute atomic E-state index is 0.0134. The summed E-state index contributed by atoms with van der Waals surface area (Å²) in [6.45, 7) is 2.48. The Labute approximate surface area is 94.1 Å². The summed E-state index contributed by atoms with van der Waals surface area (Å²) in [6, 6.07) is 7.40. The maximum Gasteiger partial charge on any atom is 0.184 e. The number of nitrogens with two attached hydrogens (primary N) is 1. The van der Waals surface area contributed by atoms with Crippen molar-refractivity contribution in [2.24, 2.45) is 5.73 Å². The molecule has 4 heteroatoms. The number of hydrogen-bond donors (Lipinski definition) is 1. The molecule has 82 valence electrons. The molecule has 2 N–H and O–H groups in total. The molecule has 0 aromatic heterocycles. The van der Waals surface area contributed by atoms with Gasteiger partial charge in [0.15, 0.2) is 6.29 Å². The zero-order valence-electron chi connectivity index (χ0n) is 8.52. The average molecular weight is 228 g/mol. The van der Waals surface area contributed by atoms with Crippen LogP contribution in [0.25, 0.3) is 0 Å². The van der Waals surface area contributed by atoms with Crippen molar-refractivity contribution in [1.29, 1.82) is 0 Å². The SMILES string of the molecule is C[C@@H]1O[C@@H](c2ccc(Cl)cc2)OC[C@H]1N. The molecule has 1 fully saturated rings. The van der Waals surface area contributed by atoms with Crippen molar-refractivity contribution in [3.63, 3.8) is 0 Å². The Morgan fingerprint density at radius 2 is 2.00 bits per heavy atom. The maximum absolute atomic E-state index is 5.80. The molecule has 0 saturated carbocycles. The van der Waals surface area contributed by atoms with Crippen LogP contribution in [0.15, 0.2) is 24.3 Å². The van der Waals surface area contributed by atoms with Gasteiger partial charge >= 0.3 is 0 Å². The van der Waals surface area contributed by atoms with Crippen molar-refractivity contribution < 1.29 is 9.47 Å². The van der Waals surface area contributed by atoms with Crippen LogP contribution >= 0.6 is 11.6 Å². The Kier molecular flexibility index (Phi) is 3.26. The monoisotopic (exact) mass is 227 g/mol. The third-order valence-corrected chi connectivity index (χ3v) is 2.78. The van der Waals surface area contributed by atoms with Gasteiger partial charge in [0.25, 0.3) is 0 Å². The van der Waals surface area contributed by atoms with Gasteiger partial charge in [0.2, 0.25) is 0 Å². The van der Waals surface area contributed by atoms with Crippen molar-refractivity contribution in [1.82, 2.24) is 0 Å². The topological polar surface area (TPSA) is 44.5 Å². The van der Waals surface area contributed by atoms with Crippen LogP contribution in [-0.2, 0) is 9.47 Å². The number of rotatable bonds is 1. The van der Waals surface area contributed by atoms with E-state index in [2.05, 4.69) is 0 Å². The zero-order valence-corrected chi connectivity index (χ0v) is 9.28. The first kappa shape index (κ1) is 10.9. The first-order valence-corrected chi connectivity index (χ1v) is 5.33. The minimum atomic E-state index is -0.322. The van der Waals surface area contributed by atoms with Crippen molar-refractivity contribution >= 4 is 11.6 Å². The summed E-state index contributed by atoms with van der Waals surface area (Å²) >= 11 is 5.80. The van der Waals surface area contributed by atoms with Crippen LogP contribution < -0.4 is 5.73 Å². The second-order valence-corrected chi connectivity index (χ2v) is 4.16. The molecule has 0 radical (unpaired) electrons. The lowest BCUT2D eigenvalue weighted by Crippen LogP contribution is -2.44. The van der Waals surface area contributed by atoms with Crippen LogP contribution in [0.1, 0.15) is 18.8 Å². The molecule has 0 amide bonds. The molecule has 1 aromatic carbocycles. The molecule has 1 aliphatic heterocycles. The molecule has 3 atom stereocenters. The third kappa shape index (κ3) is 2.49. The zero-order chi connectivity index (χ0) is 10.8. The van der Waals surface area contributed by atoms with E-state index in [1.165, 1.54) is 0 Å². The fraction of sp³-hybridized carbons (Fsp3) is 0.455. The average Bonchev–Trinajstić information content (AvgIpc) is 2.23. The van der Waals surface area contributed by atoms with E-state index in [-0.39, 0.29) is 18.4 Å². The van der Waals surface area contributed by atoms with E-state index in [0.29, 0.717) is 11.6 Å². The van der Waals surface area contributed by atoms with Crippen LogP contribution in [0.3, 0.4) is 0 Å². The summed E-state index contributed by atoms with van der Waals surface area (Å²) in [5, 5.41) is 0.708. The van der Waals surface area contributed by atoms with Gasteiger partial charge in [-0.3, -0.25) is 0 Å². The van der Waals surface area contributed by atoms with Crippen LogP contribution in [0.2, 0.25) is 5.02 Å². The molecular weight excluding hydrogens is 214 g/mol. The molecule has 0 bridgehead atoms. The van der Waals surface area contributed by atoms with Crippen molar-refractivity contribution in [2.75, 3.05) is 6.61 Å². The predicted molar refractivity (Wildman–Crippen MR) is 58.7 cm³/mol. The van der Waals surface area contributed by atoms with Gasteiger partial charge in [-0.15, -0.1) is 0 Å². The van der Waals surface area contributed by atoms with Crippen molar-refractivity contribution in [3.8, 4) is 0 Å². The lowest BCUT2D eigenvalue weighted by molar-refractivity contribution is -0.219. The van der Waals surface area contributed by atoms with E-state index in [1.807, 2.05) is 31.2 Å². The fourth-order valence-electron chi connectivity index (χ4n) is 1.46. The smallest absolute Gasteiger partial charge is 0.184 e. The molecule has 1 aromatic rings. The molecule has 1 heterocycles. The lowest BCUT2D eigenvalue weighted by atomic mass is 10.1. The highest BCUT2D eigenvalue weighted by atomic mass is 35.5. The molecule has 15 heavy (non-hydrogen) atoms. The molecule has 0 spiro atoms. The second-order valence-electron chi connectivity index (χ2n) is 3.72. The molecule has 0 unspecified atom stereocenters. The van der Waals surface area contributed by atoms with Gasteiger partial charge in [-0.1, -0.05) is 23.7 Å². The molecule has 3 nitrogen and oxygen atoms in total. The quantitative estimate of drug-likeness (QED) is 0.799. The Morgan fingerprint density at radius 3 is 2.60 bits per heavy atom. The summed E-state index contributed by atoms with van der Waals surface area (Å²) in [5.74, 6) is 0. The Morgan fingerprint density at radius 1 is 1.33 bits per heavy atom. The van der Waals surface area contributed by atoms with Gasteiger partial charge in [-0.05, 0) is 19.1 Å². The normalized spacial score (nSPS) is 31.5. The largest absolute Gasteiger partial charge is 0.347 e. The summed E-state index contributed by atoms with van der Waals surface area (Å²) in [7, 11) is 0. The minimum Gasteiger partial charge on any atom is -0.347 e. The van der Waals surface area contributed by atoms with Gasteiger partial charge in [-0.25, -0.2) is 0 Å². The first-order chi connectivity index (χ1) is 7.16. The summed E-state index contributed by atoms with van der Waals surface area (Å²) in [5.41, 5.74) is 6.74. The van der Waals surface area contributed by atoms with Gasteiger partial charge in [0, 0.05) is 10.6 Å². The van der Waals surface area contributed by atoms with E-state index < -0.39 is 0 Å². The number of halogens is 1. The van der Waals surface area contributed by atoms with E-state index in [4.69, 9.17) is 26.8 Å². The predicted octanol–water partition coefficient (Wildman–Crippen LogP) is 2.10. The van der Waals surface area contributed by atoms with Crippen molar-refractivity contribution in [3.05, 3.63) is 34.9 Å². The fourth-order valence-corrected chi connectivity index (χ4v) is 1.59. The van der Waals surface area contributed by atoms with E-state index in [0.717, 1.165) is 5.56 Å². The van der Waals surface area contributed by atoms with Crippen LogP contribution in [-0.4, -0.2) is 18.8 Å². The summed E-state index contributed by atoms with van der Waals surface area (Å²) in [6.07, 6.45) is -0.309. The van der Waals surface area contributed by atoms with Crippen molar-refractivity contribution in [2.45, 2.75) is 25.4 Å². The first-order valence-electron chi connectivity index (χ1n) is 4.95. The molecular formula is C11H14ClNO2. The van der Waals surface area contributed by atoms with Crippen LogP contribution in [0.4, 0.5) is 0 Å². The van der Waals surface area contributed by atoms with Crippen LogP contribution in [0.5, 0.6) is 0 Å². The molecule has 1 aliphatic rings. The highest BCUT2D eigenvalue weighted by Crippen LogP contribution is 2.26. The number of hydrogen-bond acceptors (Lipinski definition) is 3. The van der Waals surface area contributed by atoms with E-state index in [9.17, 15) is 0 Å². The summed E-state index contributed by atoms with van der Waals surface area (Å²) < 4.78 is 11.1. The molecule has 2 rings (SSSR count).